The minimum absolute atomic E-state index is 0.144. The van der Waals surface area contributed by atoms with Crippen molar-refractivity contribution in [1.29, 1.82) is 0 Å². The predicted octanol–water partition coefficient (Wildman–Crippen LogP) is 5.47. The maximum absolute atomic E-state index is 13.6. The fourth-order valence-electron chi connectivity index (χ4n) is 3.43. The second kappa shape index (κ2) is 8.89. The van der Waals surface area contributed by atoms with Crippen LogP contribution in [0.25, 0.3) is 0 Å². The molecule has 0 amide bonds. The Morgan fingerprint density at radius 3 is 2.52 bits per heavy atom. The van der Waals surface area contributed by atoms with E-state index >= 15 is 0 Å². The number of rotatable bonds is 6. The molecular formula is C18H27BrFN. The lowest BCUT2D eigenvalue weighted by molar-refractivity contribution is 0.317. The summed E-state index contributed by atoms with van der Waals surface area (Å²) in [4.78, 5) is 0. The molecule has 2 rings (SSSR count). The molecule has 1 aromatic carbocycles. The van der Waals surface area contributed by atoms with Gasteiger partial charge in [-0.3, -0.25) is 0 Å². The molecule has 1 saturated carbocycles. The molecule has 0 radical (unpaired) electrons. The van der Waals surface area contributed by atoms with Crippen molar-refractivity contribution in [3.63, 3.8) is 0 Å². The SMILES string of the molecule is CCCNC(Cc1cc(F)cc(Br)c1)C1CCCCCC1. The topological polar surface area (TPSA) is 12.0 Å². The fraction of sp³-hybridized carbons (Fsp3) is 0.667. The number of halogens is 2. The summed E-state index contributed by atoms with van der Waals surface area (Å²) in [7, 11) is 0. The summed E-state index contributed by atoms with van der Waals surface area (Å²) in [6.45, 7) is 3.26. The molecule has 0 spiro atoms. The first-order chi connectivity index (χ1) is 10.2. The van der Waals surface area contributed by atoms with E-state index in [0.29, 0.717) is 6.04 Å². The van der Waals surface area contributed by atoms with E-state index in [1.165, 1.54) is 44.6 Å². The predicted molar refractivity (Wildman–Crippen MR) is 91.1 cm³/mol. The molecule has 21 heavy (non-hydrogen) atoms. The van der Waals surface area contributed by atoms with Crippen LogP contribution in [0, 0.1) is 11.7 Å². The number of hydrogen-bond donors (Lipinski definition) is 1. The van der Waals surface area contributed by atoms with Crippen molar-refractivity contribution in [1.82, 2.24) is 5.32 Å². The van der Waals surface area contributed by atoms with Gasteiger partial charge in [-0.1, -0.05) is 48.5 Å². The molecular weight excluding hydrogens is 329 g/mol. The Balaban J connectivity index is 2.06. The standard InChI is InChI=1S/C18H27BrFN/c1-2-9-21-18(15-7-5-3-4-6-8-15)12-14-10-16(19)13-17(20)11-14/h10-11,13,15,18,21H,2-9,12H2,1H3. The molecule has 1 aromatic rings. The minimum Gasteiger partial charge on any atom is -0.313 e. The highest BCUT2D eigenvalue weighted by molar-refractivity contribution is 9.10. The van der Waals surface area contributed by atoms with Crippen LogP contribution in [-0.4, -0.2) is 12.6 Å². The molecule has 0 aromatic heterocycles. The van der Waals surface area contributed by atoms with Gasteiger partial charge in [0.05, 0.1) is 0 Å². The van der Waals surface area contributed by atoms with Crippen molar-refractivity contribution in [2.75, 3.05) is 6.54 Å². The summed E-state index contributed by atoms with van der Waals surface area (Å²) in [5, 5.41) is 3.72. The van der Waals surface area contributed by atoms with Gasteiger partial charge in [0.25, 0.3) is 0 Å². The molecule has 1 unspecified atom stereocenters. The lowest BCUT2D eigenvalue weighted by Gasteiger charge is -2.27. The lowest BCUT2D eigenvalue weighted by atomic mass is 9.87. The van der Waals surface area contributed by atoms with Gasteiger partial charge in [-0.25, -0.2) is 4.39 Å². The Labute approximate surface area is 136 Å². The zero-order valence-electron chi connectivity index (χ0n) is 13.0. The molecule has 0 saturated heterocycles. The Morgan fingerprint density at radius 1 is 1.19 bits per heavy atom. The van der Waals surface area contributed by atoms with Crippen LogP contribution >= 0.6 is 15.9 Å². The molecule has 118 valence electrons. The fourth-order valence-corrected chi connectivity index (χ4v) is 3.94. The van der Waals surface area contributed by atoms with E-state index in [9.17, 15) is 4.39 Å². The molecule has 1 atom stereocenters. The van der Waals surface area contributed by atoms with Crippen molar-refractivity contribution < 1.29 is 4.39 Å². The van der Waals surface area contributed by atoms with E-state index < -0.39 is 0 Å². The summed E-state index contributed by atoms with van der Waals surface area (Å²) >= 11 is 3.40. The quantitative estimate of drug-likeness (QED) is 0.667. The first kappa shape index (κ1) is 17.0. The summed E-state index contributed by atoms with van der Waals surface area (Å²) in [5.41, 5.74) is 1.10. The van der Waals surface area contributed by atoms with E-state index in [1.807, 2.05) is 0 Å². The molecule has 1 fully saturated rings. The zero-order valence-corrected chi connectivity index (χ0v) is 14.6. The van der Waals surface area contributed by atoms with E-state index in [-0.39, 0.29) is 5.82 Å². The molecule has 0 bridgehead atoms. The van der Waals surface area contributed by atoms with Crippen LogP contribution < -0.4 is 5.32 Å². The Hall–Kier alpha value is -0.410. The molecule has 1 nitrogen and oxygen atoms in total. The van der Waals surface area contributed by atoms with Gasteiger partial charge in [-0.2, -0.15) is 0 Å². The zero-order chi connectivity index (χ0) is 15.1. The third-order valence-corrected chi connectivity index (χ3v) is 4.96. The van der Waals surface area contributed by atoms with E-state index in [4.69, 9.17) is 0 Å². The monoisotopic (exact) mass is 355 g/mol. The second-order valence-corrected chi connectivity index (χ2v) is 7.21. The molecule has 1 aliphatic carbocycles. The highest BCUT2D eigenvalue weighted by Gasteiger charge is 2.22. The maximum Gasteiger partial charge on any atom is 0.124 e. The van der Waals surface area contributed by atoms with Gasteiger partial charge < -0.3 is 5.32 Å². The summed E-state index contributed by atoms with van der Waals surface area (Å²) in [6.07, 6.45) is 10.2. The van der Waals surface area contributed by atoms with E-state index in [2.05, 4.69) is 34.2 Å². The third-order valence-electron chi connectivity index (χ3n) is 4.50. The summed E-state index contributed by atoms with van der Waals surface area (Å²) in [5.74, 6) is 0.593. The number of benzene rings is 1. The largest absolute Gasteiger partial charge is 0.313 e. The molecule has 0 aliphatic heterocycles. The van der Waals surface area contributed by atoms with Gasteiger partial charge in [-0.05, 0) is 61.9 Å². The van der Waals surface area contributed by atoms with Crippen molar-refractivity contribution >= 4 is 15.9 Å². The first-order valence-corrected chi connectivity index (χ1v) is 9.16. The average molecular weight is 356 g/mol. The minimum atomic E-state index is -0.144. The molecule has 3 heteroatoms. The lowest BCUT2D eigenvalue weighted by Crippen LogP contribution is -2.38. The van der Waals surface area contributed by atoms with Gasteiger partial charge >= 0.3 is 0 Å². The van der Waals surface area contributed by atoms with Crippen LogP contribution in [0.4, 0.5) is 4.39 Å². The Kier molecular flexibility index (Phi) is 7.18. The van der Waals surface area contributed by atoms with Crippen LogP contribution in [0.3, 0.4) is 0 Å². The van der Waals surface area contributed by atoms with E-state index in [1.54, 1.807) is 6.07 Å². The second-order valence-electron chi connectivity index (χ2n) is 6.29. The maximum atomic E-state index is 13.6. The molecule has 1 aliphatic rings. The van der Waals surface area contributed by atoms with Crippen molar-refractivity contribution in [3.8, 4) is 0 Å². The van der Waals surface area contributed by atoms with Crippen LogP contribution in [0.2, 0.25) is 0 Å². The Morgan fingerprint density at radius 2 is 1.90 bits per heavy atom. The van der Waals surface area contributed by atoms with Crippen molar-refractivity contribution in [2.24, 2.45) is 5.92 Å². The van der Waals surface area contributed by atoms with E-state index in [0.717, 1.165) is 35.3 Å². The number of nitrogens with one attached hydrogen (secondary N) is 1. The summed E-state index contributed by atoms with van der Waals surface area (Å²) in [6, 6.07) is 5.75. The number of hydrogen-bond acceptors (Lipinski definition) is 1. The Bertz CT molecular complexity index is 407. The highest BCUT2D eigenvalue weighted by atomic mass is 79.9. The smallest absolute Gasteiger partial charge is 0.124 e. The molecule has 1 N–H and O–H groups in total. The van der Waals surface area contributed by atoms with Crippen LogP contribution in [0.1, 0.15) is 57.4 Å². The van der Waals surface area contributed by atoms with Crippen molar-refractivity contribution in [2.45, 2.75) is 64.3 Å². The van der Waals surface area contributed by atoms with Gasteiger partial charge in [-0.15, -0.1) is 0 Å². The van der Waals surface area contributed by atoms with Gasteiger partial charge in [0, 0.05) is 10.5 Å². The molecule has 0 heterocycles. The third kappa shape index (κ3) is 5.71. The normalized spacial score (nSPS) is 18.4. The first-order valence-electron chi connectivity index (χ1n) is 8.37. The summed E-state index contributed by atoms with van der Waals surface area (Å²) < 4.78 is 14.4. The average Bonchev–Trinajstić information content (AvgIpc) is 2.71. The van der Waals surface area contributed by atoms with Crippen LogP contribution in [0.5, 0.6) is 0 Å². The van der Waals surface area contributed by atoms with Crippen LogP contribution in [0.15, 0.2) is 22.7 Å². The van der Waals surface area contributed by atoms with Gasteiger partial charge in [0.1, 0.15) is 5.82 Å². The van der Waals surface area contributed by atoms with Gasteiger partial charge in [0.2, 0.25) is 0 Å². The van der Waals surface area contributed by atoms with Crippen molar-refractivity contribution in [3.05, 3.63) is 34.1 Å². The van der Waals surface area contributed by atoms with Crippen LogP contribution in [-0.2, 0) is 6.42 Å². The van der Waals surface area contributed by atoms with Gasteiger partial charge in [0.15, 0.2) is 0 Å². The highest BCUT2D eigenvalue weighted by Crippen LogP contribution is 2.28.